The number of hydrogen-bond acceptors (Lipinski definition) is 12. The van der Waals surface area contributed by atoms with Gasteiger partial charge in [0.05, 0.1) is 6.54 Å². The molecule has 0 amide bonds. The lowest BCUT2D eigenvalue weighted by Crippen LogP contribution is -2.45. The van der Waals surface area contributed by atoms with Crippen LogP contribution in [0.3, 0.4) is 0 Å². The van der Waals surface area contributed by atoms with Gasteiger partial charge in [0.2, 0.25) is 22.1 Å². The van der Waals surface area contributed by atoms with Crippen LogP contribution in [0.1, 0.15) is 12.8 Å². The molecule has 49 heavy (non-hydrogen) atoms. The molecule has 0 bridgehead atoms. The van der Waals surface area contributed by atoms with Crippen molar-refractivity contribution in [2.24, 2.45) is 0 Å². The summed E-state index contributed by atoms with van der Waals surface area (Å²) in [5.41, 5.74) is -14.3. The van der Waals surface area contributed by atoms with Gasteiger partial charge >= 0.3 is 66.7 Å². The fourth-order valence-electron chi connectivity index (χ4n) is 4.44. The van der Waals surface area contributed by atoms with E-state index in [2.05, 4.69) is 0 Å². The number of aliphatic carboxylic acids is 1. The number of nitrogens with zero attached hydrogens (tertiary/aromatic N) is 3. The van der Waals surface area contributed by atoms with Gasteiger partial charge < -0.3 is 83.4 Å². The summed E-state index contributed by atoms with van der Waals surface area (Å²) in [5, 5.41) is 9.22. The molecule has 0 unspecified atom stereocenters. The molecule has 0 aromatic carbocycles. The Labute approximate surface area is 273 Å². The van der Waals surface area contributed by atoms with Crippen molar-refractivity contribution in [3.63, 3.8) is 0 Å². The smallest absolute Gasteiger partial charge is 0.355 e. The van der Waals surface area contributed by atoms with Crippen molar-refractivity contribution in [2.75, 3.05) is 32.7 Å². The molecule has 0 aliphatic rings. The molecular formula is C12H35N3O26P8. The second kappa shape index (κ2) is 17.3. The lowest BCUT2D eigenvalue weighted by Gasteiger charge is -2.38. The van der Waals surface area contributed by atoms with Crippen LogP contribution in [0, 0.1) is 0 Å². The summed E-state index contributed by atoms with van der Waals surface area (Å²) in [6.07, 6.45) is -1.85. The zero-order valence-electron chi connectivity index (χ0n) is 24.0. The molecule has 0 saturated carbocycles. The summed E-state index contributed by atoms with van der Waals surface area (Å²) in [5.74, 6) is -1.73. The van der Waals surface area contributed by atoms with E-state index in [0.29, 0.717) is 4.90 Å². The molecule has 0 fully saturated rings. The van der Waals surface area contributed by atoms with E-state index in [-0.39, 0.29) is 0 Å². The fourth-order valence-corrected chi connectivity index (χ4v) is 16.6. The van der Waals surface area contributed by atoms with Gasteiger partial charge in [0.1, 0.15) is 0 Å². The first kappa shape index (κ1) is 49.6. The molecule has 0 spiro atoms. The van der Waals surface area contributed by atoms with Crippen LogP contribution in [0.2, 0.25) is 0 Å². The minimum atomic E-state index is -6.23. The largest absolute Gasteiger partial charge is 0.480 e. The van der Waals surface area contributed by atoms with Crippen LogP contribution >= 0.6 is 60.8 Å². The SMILES string of the molecule is O=C(O)CN(CCCN(C(P(=O)(O)O)P(=O)(O)O)C(P(=O)(O)O)P(=O)(O)O)CCCN(C(P(=O)(O)O)P(=O)(O)O)C(P(=O)(O)O)P(=O)(O)O. The van der Waals surface area contributed by atoms with Gasteiger partial charge in [-0.25, -0.2) is 0 Å². The van der Waals surface area contributed by atoms with Crippen LogP contribution in [0.4, 0.5) is 0 Å². The van der Waals surface area contributed by atoms with E-state index in [1.807, 2.05) is 0 Å². The van der Waals surface area contributed by atoms with E-state index < -0.39 is 144 Å². The minimum Gasteiger partial charge on any atom is -0.480 e. The average Bonchev–Trinajstić information content (AvgIpc) is 2.70. The molecule has 0 aromatic heterocycles. The van der Waals surface area contributed by atoms with Crippen molar-refractivity contribution in [1.82, 2.24) is 14.7 Å². The Morgan fingerprint density at radius 3 is 0.714 bits per heavy atom. The highest BCUT2D eigenvalue weighted by Crippen LogP contribution is 2.70. The monoisotopic (exact) mass is 885 g/mol. The van der Waals surface area contributed by atoms with Gasteiger partial charge in [-0.05, 0) is 25.9 Å². The van der Waals surface area contributed by atoms with Gasteiger partial charge in [-0.2, -0.15) is 0 Å². The first-order valence-electron chi connectivity index (χ1n) is 12.1. The van der Waals surface area contributed by atoms with Crippen molar-refractivity contribution in [3.05, 3.63) is 0 Å². The number of hydrogen-bond donors (Lipinski definition) is 17. The van der Waals surface area contributed by atoms with Crippen LogP contribution in [0.25, 0.3) is 0 Å². The molecule has 0 aromatic rings. The Morgan fingerprint density at radius 2 is 0.571 bits per heavy atom. The van der Waals surface area contributed by atoms with Gasteiger partial charge in [0.15, 0.2) is 0 Å². The highest BCUT2D eigenvalue weighted by molar-refractivity contribution is 7.73. The van der Waals surface area contributed by atoms with E-state index in [9.17, 15) is 125 Å². The Kier molecular flexibility index (Phi) is 17.5. The van der Waals surface area contributed by atoms with E-state index in [1.165, 1.54) is 0 Å². The van der Waals surface area contributed by atoms with Crippen molar-refractivity contribution in [2.45, 2.75) is 34.9 Å². The van der Waals surface area contributed by atoms with E-state index >= 15 is 0 Å². The summed E-state index contributed by atoms with van der Waals surface area (Å²) < 4.78 is 95.7. The molecular weight excluding hydrogens is 850 g/mol. The lowest BCUT2D eigenvalue weighted by molar-refractivity contribution is -0.138. The van der Waals surface area contributed by atoms with Crippen LogP contribution in [-0.2, 0) is 41.3 Å². The molecule has 0 rings (SSSR count). The third-order valence-electron chi connectivity index (χ3n) is 5.73. The van der Waals surface area contributed by atoms with Gasteiger partial charge in [-0.15, -0.1) is 0 Å². The lowest BCUT2D eigenvalue weighted by atomic mass is 10.3. The van der Waals surface area contributed by atoms with Crippen LogP contribution in [0.15, 0.2) is 0 Å². The number of carboxylic acid groups (broad SMARTS) is 1. The maximum absolute atomic E-state index is 12.0. The zero-order valence-corrected chi connectivity index (χ0v) is 31.1. The standard InChI is InChI=1S/C12H35N3O26P8/c16-8(17)7-13(3-1-5-14(9(42(18,19)20)43(21,22)23)10(44(24,25)26)45(27,28)29)4-2-6-15(11(46(30,31)32)47(33,34)35)12(48(36,37)38)49(39,40)41/h9-12H,1-7H2,(H,16,17)(H2,18,19,20)(H2,21,22,23)(H2,24,25,26)(H2,27,28,29)(H2,30,31,32)(H2,33,34,35)(H2,36,37,38)(H2,39,40,41). The fraction of sp³-hybridized carbons (Fsp3) is 0.917. The maximum Gasteiger partial charge on any atom is 0.355 e. The molecule has 0 aliphatic carbocycles. The topological polar surface area (TPSA) is 507 Å². The molecule has 0 atom stereocenters. The summed E-state index contributed by atoms with van der Waals surface area (Å²) in [6, 6.07) is 0. The van der Waals surface area contributed by atoms with Crippen molar-refractivity contribution in [1.29, 1.82) is 0 Å². The molecule has 294 valence electrons. The second-order valence-corrected chi connectivity index (χ2v) is 24.9. The molecule has 0 aliphatic heterocycles. The maximum atomic E-state index is 12.0. The normalized spacial score (nSPS) is 15.2. The summed E-state index contributed by atoms with van der Waals surface area (Å²) in [7, 11) is -49.8. The van der Waals surface area contributed by atoms with E-state index in [1.54, 1.807) is 0 Å². The first-order valence-corrected chi connectivity index (χ1v) is 25.6. The highest BCUT2D eigenvalue weighted by Gasteiger charge is 2.59. The Hall–Kier alpha value is 0.550. The van der Waals surface area contributed by atoms with Gasteiger partial charge in [-0.3, -0.25) is 56.0 Å². The van der Waals surface area contributed by atoms with Crippen LogP contribution in [0.5, 0.6) is 0 Å². The van der Waals surface area contributed by atoms with Crippen molar-refractivity contribution < 1.29 is 125 Å². The van der Waals surface area contributed by atoms with Crippen molar-refractivity contribution in [3.8, 4) is 0 Å². The third kappa shape index (κ3) is 16.2. The summed E-state index contributed by atoms with van der Waals surface area (Å²) in [4.78, 5) is 163. The minimum absolute atomic E-state index is 0.570. The Bertz CT molecular complexity index is 1250. The van der Waals surface area contributed by atoms with Gasteiger partial charge in [0.25, 0.3) is 0 Å². The Balaban J connectivity index is 6.74. The summed E-state index contributed by atoms with van der Waals surface area (Å²) >= 11 is 0. The molecule has 37 heteroatoms. The average molecular weight is 885 g/mol. The van der Waals surface area contributed by atoms with Gasteiger partial charge in [-0.1, -0.05) is 0 Å². The highest BCUT2D eigenvalue weighted by atomic mass is 31.3. The van der Waals surface area contributed by atoms with Crippen LogP contribution < -0.4 is 0 Å². The summed E-state index contributed by atoms with van der Waals surface area (Å²) in [6.45, 7) is -5.68. The quantitative estimate of drug-likeness (QED) is 0.0465. The van der Waals surface area contributed by atoms with Crippen LogP contribution in [-0.4, -0.2) is 159 Å². The Morgan fingerprint density at radius 1 is 0.388 bits per heavy atom. The zero-order chi connectivity index (χ0) is 39.6. The third-order valence-corrected chi connectivity index (χ3v) is 20.1. The van der Waals surface area contributed by atoms with E-state index in [4.69, 9.17) is 0 Å². The molecule has 0 saturated heterocycles. The second-order valence-electron chi connectivity index (χ2n) is 9.95. The van der Waals surface area contributed by atoms with E-state index in [0.717, 1.165) is 0 Å². The molecule has 17 N–H and O–H groups in total. The number of carboxylic acids is 1. The molecule has 29 nitrogen and oxygen atoms in total. The van der Waals surface area contributed by atoms with Crippen molar-refractivity contribution >= 4 is 66.7 Å². The van der Waals surface area contributed by atoms with Gasteiger partial charge in [0, 0.05) is 13.1 Å². The number of rotatable bonds is 22. The number of carbonyl (C=O) groups is 1. The predicted octanol–water partition coefficient (Wildman–Crippen LogP) is -3.69. The molecule has 0 heterocycles. The molecule has 0 radical (unpaired) electrons. The predicted molar refractivity (Wildman–Crippen MR) is 158 cm³/mol. The first-order chi connectivity index (χ1) is 21.2.